The minimum atomic E-state index is 0. The molecule has 4 nitrogen and oxygen atoms in total. The van der Waals surface area contributed by atoms with E-state index in [0.29, 0.717) is 18.0 Å². The first-order valence-corrected chi connectivity index (χ1v) is 7.93. The molecular weight excluding hydrogens is 309 g/mol. The van der Waals surface area contributed by atoms with Gasteiger partial charge in [-0.3, -0.25) is 4.79 Å². The Morgan fingerprint density at radius 3 is 2.33 bits per heavy atom. The van der Waals surface area contributed by atoms with Gasteiger partial charge in [0.25, 0.3) is 0 Å². The van der Waals surface area contributed by atoms with Gasteiger partial charge in [0.05, 0.1) is 0 Å². The van der Waals surface area contributed by atoms with Crippen LogP contribution in [0.3, 0.4) is 0 Å². The van der Waals surface area contributed by atoms with Gasteiger partial charge in [0, 0.05) is 37.6 Å². The van der Waals surface area contributed by atoms with E-state index in [-0.39, 0.29) is 30.7 Å². The summed E-state index contributed by atoms with van der Waals surface area (Å²) in [4.78, 5) is 14.3. The molecule has 6 heteroatoms. The number of nitrogens with one attached hydrogen (secondary N) is 2. The molecule has 0 aromatic carbocycles. The van der Waals surface area contributed by atoms with Crippen LogP contribution in [0.25, 0.3) is 0 Å². The van der Waals surface area contributed by atoms with Crippen LogP contribution in [-0.4, -0.2) is 49.1 Å². The third-order valence-corrected chi connectivity index (χ3v) is 5.00. The molecule has 0 radical (unpaired) electrons. The Kier molecular flexibility index (Phi) is 7.75. The topological polar surface area (TPSA) is 44.4 Å². The van der Waals surface area contributed by atoms with Crippen LogP contribution in [0.15, 0.2) is 0 Å². The summed E-state index contributed by atoms with van der Waals surface area (Å²) in [6, 6.07) is 2.17. The summed E-state index contributed by atoms with van der Waals surface area (Å²) in [6.45, 7) is 1.80. The lowest BCUT2D eigenvalue weighted by atomic mass is 9.89. The SMILES string of the molecule is CN(CCNC(=O)CC1CC2CCC(C1)N2)C1CC1.Cl.Cl. The van der Waals surface area contributed by atoms with E-state index < -0.39 is 0 Å². The molecule has 1 amide bonds. The van der Waals surface area contributed by atoms with E-state index in [1.807, 2.05) is 0 Å². The van der Waals surface area contributed by atoms with Crippen molar-refractivity contribution in [2.45, 2.75) is 63.1 Å². The quantitative estimate of drug-likeness (QED) is 0.778. The molecule has 0 spiro atoms. The van der Waals surface area contributed by atoms with Gasteiger partial charge in [0.1, 0.15) is 0 Å². The molecule has 0 aromatic heterocycles. The number of halogens is 2. The highest BCUT2D eigenvalue weighted by molar-refractivity contribution is 5.85. The lowest BCUT2D eigenvalue weighted by Crippen LogP contribution is -2.40. The lowest BCUT2D eigenvalue weighted by Gasteiger charge is -2.28. The maximum Gasteiger partial charge on any atom is 0.220 e. The molecule has 3 aliphatic rings. The van der Waals surface area contributed by atoms with Crippen LogP contribution in [0.4, 0.5) is 0 Å². The Hall–Kier alpha value is -0.0300. The van der Waals surface area contributed by atoms with Crippen molar-refractivity contribution in [1.29, 1.82) is 0 Å². The monoisotopic (exact) mass is 337 g/mol. The van der Waals surface area contributed by atoms with Crippen LogP contribution in [0.5, 0.6) is 0 Å². The van der Waals surface area contributed by atoms with Crippen LogP contribution in [0.1, 0.15) is 44.9 Å². The van der Waals surface area contributed by atoms with Crippen molar-refractivity contribution in [3.05, 3.63) is 0 Å². The first-order chi connectivity index (χ1) is 9.20. The number of nitrogens with zero attached hydrogens (tertiary/aromatic N) is 1. The minimum Gasteiger partial charge on any atom is -0.355 e. The second-order valence-electron chi connectivity index (χ2n) is 6.74. The van der Waals surface area contributed by atoms with E-state index in [1.165, 1.54) is 38.5 Å². The molecular formula is C15H29Cl2N3O. The molecule has 0 aromatic rings. The summed E-state index contributed by atoms with van der Waals surface area (Å²) >= 11 is 0. The highest BCUT2D eigenvalue weighted by Gasteiger charge is 2.34. The van der Waals surface area contributed by atoms with Gasteiger partial charge < -0.3 is 15.5 Å². The van der Waals surface area contributed by atoms with E-state index in [0.717, 1.165) is 25.6 Å². The molecule has 2 atom stereocenters. The second-order valence-corrected chi connectivity index (χ2v) is 6.74. The van der Waals surface area contributed by atoms with Gasteiger partial charge in [-0.2, -0.15) is 0 Å². The molecule has 1 aliphatic carbocycles. The van der Waals surface area contributed by atoms with Crippen LogP contribution >= 0.6 is 24.8 Å². The number of hydrogen-bond acceptors (Lipinski definition) is 3. The van der Waals surface area contributed by atoms with Gasteiger partial charge in [0.15, 0.2) is 0 Å². The Balaban J connectivity index is 0.00000110. The summed E-state index contributed by atoms with van der Waals surface area (Å²) in [5, 5.41) is 6.73. The summed E-state index contributed by atoms with van der Waals surface area (Å²) in [5.74, 6) is 0.871. The average molecular weight is 338 g/mol. The predicted molar refractivity (Wildman–Crippen MR) is 90.4 cm³/mol. The smallest absolute Gasteiger partial charge is 0.220 e. The molecule has 2 aliphatic heterocycles. The maximum absolute atomic E-state index is 12.0. The number of amides is 1. The molecule has 124 valence electrons. The van der Waals surface area contributed by atoms with Gasteiger partial charge in [-0.1, -0.05) is 0 Å². The van der Waals surface area contributed by atoms with Crippen molar-refractivity contribution in [2.75, 3.05) is 20.1 Å². The minimum absolute atomic E-state index is 0. The molecule has 2 N–H and O–H groups in total. The van der Waals surface area contributed by atoms with E-state index >= 15 is 0 Å². The zero-order valence-corrected chi connectivity index (χ0v) is 14.5. The number of fused-ring (bicyclic) bond motifs is 2. The van der Waals surface area contributed by atoms with Crippen molar-refractivity contribution < 1.29 is 4.79 Å². The van der Waals surface area contributed by atoms with Gasteiger partial charge in [0.2, 0.25) is 5.91 Å². The zero-order chi connectivity index (χ0) is 13.2. The normalized spacial score (nSPS) is 30.5. The highest BCUT2D eigenvalue weighted by Crippen LogP contribution is 2.32. The molecule has 3 rings (SSSR count). The van der Waals surface area contributed by atoms with E-state index in [9.17, 15) is 4.79 Å². The van der Waals surface area contributed by atoms with Crippen LogP contribution < -0.4 is 10.6 Å². The lowest BCUT2D eigenvalue weighted by molar-refractivity contribution is -0.122. The van der Waals surface area contributed by atoms with Crippen molar-refractivity contribution in [3.8, 4) is 0 Å². The predicted octanol–water partition coefficient (Wildman–Crippen LogP) is 1.96. The number of carbonyl (C=O) groups is 1. The third-order valence-electron chi connectivity index (χ3n) is 5.00. The largest absolute Gasteiger partial charge is 0.355 e. The van der Waals surface area contributed by atoms with Crippen molar-refractivity contribution >= 4 is 30.7 Å². The average Bonchev–Trinajstić information content (AvgIpc) is 3.16. The van der Waals surface area contributed by atoms with Crippen LogP contribution in [0.2, 0.25) is 0 Å². The summed E-state index contributed by atoms with van der Waals surface area (Å²) < 4.78 is 0. The van der Waals surface area contributed by atoms with Gasteiger partial charge >= 0.3 is 0 Å². The maximum atomic E-state index is 12.0. The second kappa shape index (κ2) is 8.56. The molecule has 2 unspecified atom stereocenters. The van der Waals surface area contributed by atoms with E-state index in [2.05, 4.69) is 22.6 Å². The first kappa shape index (κ1) is 19.0. The zero-order valence-electron chi connectivity index (χ0n) is 12.8. The van der Waals surface area contributed by atoms with E-state index in [4.69, 9.17) is 0 Å². The van der Waals surface area contributed by atoms with Gasteiger partial charge in [-0.15, -0.1) is 24.8 Å². The van der Waals surface area contributed by atoms with Gasteiger partial charge in [-0.25, -0.2) is 0 Å². The summed E-state index contributed by atoms with van der Waals surface area (Å²) in [6.07, 6.45) is 8.44. The van der Waals surface area contributed by atoms with Crippen molar-refractivity contribution in [2.24, 2.45) is 5.92 Å². The Labute approximate surface area is 140 Å². The van der Waals surface area contributed by atoms with Crippen LogP contribution in [0, 0.1) is 5.92 Å². The van der Waals surface area contributed by atoms with Gasteiger partial charge in [-0.05, 0) is 51.5 Å². The molecule has 21 heavy (non-hydrogen) atoms. The molecule has 2 bridgehead atoms. The molecule has 2 heterocycles. The number of piperidine rings is 1. The first-order valence-electron chi connectivity index (χ1n) is 7.93. The summed E-state index contributed by atoms with van der Waals surface area (Å²) in [7, 11) is 2.16. The number of likely N-dealkylation sites (N-methyl/N-ethyl adjacent to an activating group) is 1. The molecule has 2 saturated heterocycles. The van der Waals surface area contributed by atoms with Crippen LogP contribution in [-0.2, 0) is 4.79 Å². The highest BCUT2D eigenvalue weighted by atomic mass is 35.5. The summed E-state index contributed by atoms with van der Waals surface area (Å²) in [5.41, 5.74) is 0. The number of rotatable bonds is 6. The Bertz CT molecular complexity index is 327. The third kappa shape index (κ3) is 5.59. The van der Waals surface area contributed by atoms with Crippen molar-refractivity contribution in [3.63, 3.8) is 0 Å². The van der Waals surface area contributed by atoms with E-state index in [1.54, 1.807) is 0 Å². The fourth-order valence-corrected chi connectivity index (χ4v) is 3.75. The standard InChI is InChI=1S/C15H27N3O.2ClH/c1-18(14-4-5-14)7-6-16-15(19)10-11-8-12-2-3-13(9-11)17-12;;/h11-14,17H,2-10H2,1H3,(H,16,19);2*1H. The fraction of sp³-hybridized carbons (Fsp3) is 0.933. The number of hydrogen-bond donors (Lipinski definition) is 2. The Morgan fingerprint density at radius 1 is 1.14 bits per heavy atom. The molecule has 1 saturated carbocycles. The Morgan fingerprint density at radius 2 is 1.76 bits per heavy atom. The molecule has 3 fully saturated rings. The van der Waals surface area contributed by atoms with Crippen molar-refractivity contribution in [1.82, 2.24) is 15.5 Å². The fourth-order valence-electron chi connectivity index (χ4n) is 3.75. The number of carbonyl (C=O) groups excluding carboxylic acids is 1.